The molecule has 0 bridgehead atoms. The summed E-state index contributed by atoms with van der Waals surface area (Å²) in [6.45, 7) is 1.51. The molecule has 122 valence electrons. The predicted octanol–water partition coefficient (Wildman–Crippen LogP) is 2.59. The number of carbonyl (C=O) groups is 2. The van der Waals surface area contributed by atoms with Crippen LogP contribution in [0.1, 0.15) is 18.1 Å². The quantitative estimate of drug-likeness (QED) is 0.944. The Kier molecular flexibility index (Phi) is 4.16. The molecule has 2 aromatic carbocycles. The van der Waals surface area contributed by atoms with E-state index in [-0.39, 0.29) is 5.91 Å². The third-order valence-corrected chi connectivity index (χ3v) is 4.28. The van der Waals surface area contributed by atoms with E-state index in [0.29, 0.717) is 5.71 Å². The predicted molar refractivity (Wildman–Crippen MR) is 92.5 cm³/mol. The van der Waals surface area contributed by atoms with Gasteiger partial charge in [-0.2, -0.15) is 0 Å². The Balaban J connectivity index is 2.24. The fourth-order valence-corrected chi connectivity index (χ4v) is 2.83. The monoisotopic (exact) mass is 322 g/mol. The number of para-hydroxylation sites is 1. The van der Waals surface area contributed by atoms with Crippen LogP contribution < -0.4 is 4.90 Å². The van der Waals surface area contributed by atoms with Gasteiger partial charge in [0.15, 0.2) is 0 Å². The number of aliphatic carboxylic acids is 1. The molecule has 0 radical (unpaired) electrons. The summed E-state index contributed by atoms with van der Waals surface area (Å²) in [6.07, 6.45) is 0. The molecule has 24 heavy (non-hydrogen) atoms. The van der Waals surface area contributed by atoms with Crippen LogP contribution in [0.3, 0.4) is 0 Å². The van der Waals surface area contributed by atoms with Crippen LogP contribution in [0.2, 0.25) is 0 Å². The van der Waals surface area contributed by atoms with Crippen LogP contribution in [-0.2, 0) is 9.59 Å². The summed E-state index contributed by atoms with van der Waals surface area (Å²) in [4.78, 5) is 30.3. The van der Waals surface area contributed by atoms with Crippen molar-refractivity contribution in [3.63, 3.8) is 0 Å². The van der Waals surface area contributed by atoms with Gasteiger partial charge in [0.25, 0.3) is 5.91 Å². The van der Waals surface area contributed by atoms with Crippen LogP contribution in [0.5, 0.6) is 0 Å². The number of nitrogens with zero attached hydrogens (tertiary/aromatic N) is 2. The van der Waals surface area contributed by atoms with E-state index in [2.05, 4.69) is 4.99 Å². The van der Waals surface area contributed by atoms with Gasteiger partial charge >= 0.3 is 5.97 Å². The van der Waals surface area contributed by atoms with Crippen molar-refractivity contribution >= 4 is 23.3 Å². The number of rotatable bonds is 3. The van der Waals surface area contributed by atoms with Crippen molar-refractivity contribution in [3.05, 3.63) is 65.7 Å². The minimum atomic E-state index is -1.04. The highest BCUT2D eigenvalue weighted by molar-refractivity contribution is 6.20. The molecule has 1 unspecified atom stereocenters. The van der Waals surface area contributed by atoms with E-state index < -0.39 is 17.9 Å². The van der Waals surface area contributed by atoms with Gasteiger partial charge in [-0.05, 0) is 13.0 Å². The molecule has 1 heterocycles. The zero-order valence-corrected chi connectivity index (χ0v) is 13.5. The second kappa shape index (κ2) is 6.28. The summed E-state index contributed by atoms with van der Waals surface area (Å²) in [6, 6.07) is 16.0. The topological polar surface area (TPSA) is 70.0 Å². The molecule has 0 aliphatic carbocycles. The van der Waals surface area contributed by atoms with Crippen LogP contribution in [0, 0.1) is 5.92 Å². The van der Waals surface area contributed by atoms with Gasteiger partial charge in [0.05, 0.1) is 17.3 Å². The highest BCUT2D eigenvalue weighted by Crippen LogP contribution is 2.29. The Morgan fingerprint density at radius 1 is 1.12 bits per heavy atom. The third-order valence-electron chi connectivity index (χ3n) is 4.28. The van der Waals surface area contributed by atoms with Crippen molar-refractivity contribution in [2.24, 2.45) is 10.9 Å². The number of carboxylic acids is 1. The molecule has 0 saturated carbocycles. The second-order valence-corrected chi connectivity index (χ2v) is 5.83. The fourth-order valence-electron chi connectivity index (χ4n) is 2.83. The zero-order chi connectivity index (χ0) is 17.3. The van der Waals surface area contributed by atoms with Crippen molar-refractivity contribution < 1.29 is 14.7 Å². The first kappa shape index (κ1) is 15.9. The van der Waals surface area contributed by atoms with Gasteiger partial charge in [0, 0.05) is 18.2 Å². The molecular formula is C19H18N2O3. The molecule has 0 spiro atoms. The average molecular weight is 322 g/mol. The minimum absolute atomic E-state index is 0.316. The van der Waals surface area contributed by atoms with Gasteiger partial charge in [-0.3, -0.25) is 14.6 Å². The molecule has 3 rings (SSSR count). The van der Waals surface area contributed by atoms with Gasteiger partial charge in [0.2, 0.25) is 0 Å². The maximum atomic E-state index is 12.8. The number of carboxylic acid groups (broad SMARTS) is 1. The molecule has 1 N–H and O–H groups in total. The number of fused-ring (bicyclic) bond motifs is 1. The second-order valence-electron chi connectivity index (χ2n) is 5.83. The Morgan fingerprint density at radius 3 is 2.42 bits per heavy atom. The fraction of sp³-hybridized carbons (Fsp3) is 0.211. The van der Waals surface area contributed by atoms with Crippen LogP contribution in [0.4, 0.5) is 5.69 Å². The van der Waals surface area contributed by atoms with Gasteiger partial charge < -0.3 is 10.0 Å². The van der Waals surface area contributed by atoms with E-state index in [0.717, 1.165) is 16.8 Å². The average Bonchev–Trinajstić information content (AvgIpc) is 2.71. The van der Waals surface area contributed by atoms with Crippen LogP contribution >= 0.6 is 0 Å². The SMILES string of the molecule is CC(C(=O)O)[C@@H]1N=C(c2ccccc2)c2ccccc2N(C)C1=O. The van der Waals surface area contributed by atoms with Gasteiger partial charge in [0.1, 0.15) is 6.04 Å². The van der Waals surface area contributed by atoms with Crippen LogP contribution in [-0.4, -0.2) is 35.8 Å². The largest absolute Gasteiger partial charge is 0.481 e. The number of benzodiazepines with no additional fused rings is 1. The molecule has 1 amide bonds. The summed E-state index contributed by atoms with van der Waals surface area (Å²) < 4.78 is 0. The number of aliphatic imine (C=N–C) groups is 1. The molecular weight excluding hydrogens is 304 g/mol. The van der Waals surface area contributed by atoms with Crippen molar-refractivity contribution in [1.29, 1.82) is 0 Å². The normalized spacial score (nSPS) is 18.4. The van der Waals surface area contributed by atoms with Gasteiger partial charge in [-0.25, -0.2) is 0 Å². The van der Waals surface area contributed by atoms with E-state index in [4.69, 9.17) is 0 Å². The van der Waals surface area contributed by atoms with Crippen molar-refractivity contribution in [2.45, 2.75) is 13.0 Å². The Hall–Kier alpha value is -2.95. The summed E-state index contributed by atoms with van der Waals surface area (Å²) >= 11 is 0. The van der Waals surface area contributed by atoms with Crippen molar-refractivity contribution in [2.75, 3.05) is 11.9 Å². The lowest BCUT2D eigenvalue weighted by Gasteiger charge is -2.22. The summed E-state index contributed by atoms with van der Waals surface area (Å²) in [5.74, 6) is -2.26. The molecule has 5 nitrogen and oxygen atoms in total. The standard InChI is InChI=1S/C19H18N2O3/c1-12(19(23)24)16-18(22)21(2)15-11-7-6-10-14(15)17(20-16)13-8-4-3-5-9-13/h3-12,16H,1-2H3,(H,23,24)/t12?,16-/m0/s1. The van der Waals surface area contributed by atoms with Crippen LogP contribution in [0.15, 0.2) is 59.6 Å². The lowest BCUT2D eigenvalue weighted by atomic mass is 9.99. The van der Waals surface area contributed by atoms with Crippen molar-refractivity contribution in [3.8, 4) is 0 Å². The van der Waals surface area contributed by atoms with Gasteiger partial charge in [-0.1, -0.05) is 48.5 Å². The lowest BCUT2D eigenvalue weighted by Crippen LogP contribution is -2.40. The Morgan fingerprint density at radius 2 is 1.75 bits per heavy atom. The van der Waals surface area contributed by atoms with E-state index in [9.17, 15) is 14.7 Å². The molecule has 5 heteroatoms. The summed E-state index contributed by atoms with van der Waals surface area (Å²) in [7, 11) is 1.66. The zero-order valence-electron chi connectivity index (χ0n) is 13.5. The first-order valence-corrected chi connectivity index (χ1v) is 7.73. The Bertz CT molecular complexity index is 814. The number of hydrogen-bond acceptors (Lipinski definition) is 3. The van der Waals surface area contributed by atoms with E-state index in [1.54, 1.807) is 7.05 Å². The van der Waals surface area contributed by atoms with Crippen molar-refractivity contribution in [1.82, 2.24) is 0 Å². The third kappa shape index (κ3) is 2.69. The number of amides is 1. The summed E-state index contributed by atoms with van der Waals surface area (Å²) in [5, 5.41) is 9.36. The maximum Gasteiger partial charge on any atom is 0.308 e. The van der Waals surface area contributed by atoms with Gasteiger partial charge in [-0.15, -0.1) is 0 Å². The maximum absolute atomic E-state index is 12.8. The molecule has 0 aromatic heterocycles. The molecule has 0 fully saturated rings. The number of carbonyl (C=O) groups excluding carboxylic acids is 1. The first-order valence-electron chi connectivity index (χ1n) is 7.73. The first-order chi connectivity index (χ1) is 11.5. The molecule has 0 saturated heterocycles. The highest BCUT2D eigenvalue weighted by atomic mass is 16.4. The molecule has 1 aliphatic heterocycles. The number of anilines is 1. The number of benzene rings is 2. The highest BCUT2D eigenvalue weighted by Gasteiger charge is 2.36. The molecule has 2 atom stereocenters. The van der Waals surface area contributed by atoms with Crippen LogP contribution in [0.25, 0.3) is 0 Å². The van der Waals surface area contributed by atoms with E-state index in [1.165, 1.54) is 11.8 Å². The summed E-state index contributed by atoms with van der Waals surface area (Å²) in [5.41, 5.74) is 3.04. The van der Waals surface area contributed by atoms with E-state index >= 15 is 0 Å². The Labute approximate surface area is 140 Å². The molecule has 1 aliphatic rings. The number of likely N-dealkylation sites (N-methyl/N-ethyl adjacent to an activating group) is 1. The molecule has 2 aromatic rings. The minimum Gasteiger partial charge on any atom is -0.481 e. The lowest BCUT2D eigenvalue weighted by molar-refractivity contribution is -0.143. The smallest absolute Gasteiger partial charge is 0.308 e. The number of hydrogen-bond donors (Lipinski definition) is 1. The van der Waals surface area contributed by atoms with E-state index in [1.807, 2.05) is 54.6 Å².